The van der Waals surface area contributed by atoms with Crippen LogP contribution in [-0.4, -0.2) is 14.5 Å². The van der Waals surface area contributed by atoms with E-state index in [1.807, 2.05) is 36.7 Å². The van der Waals surface area contributed by atoms with Crippen molar-refractivity contribution >= 4 is 28.3 Å². The molecule has 0 saturated heterocycles. The van der Waals surface area contributed by atoms with Crippen molar-refractivity contribution in [2.75, 3.05) is 0 Å². The monoisotopic (exact) mass is 569 g/mol. The molecule has 1 atom stereocenters. The number of pyridine rings is 1. The van der Waals surface area contributed by atoms with Gasteiger partial charge in [-0.2, -0.15) is 0 Å². The smallest absolute Gasteiger partial charge is 0.228 e. The van der Waals surface area contributed by atoms with Crippen LogP contribution in [0.3, 0.4) is 0 Å². The molecule has 1 unspecified atom stereocenters. The molecule has 9 rings (SSSR count). The van der Waals surface area contributed by atoms with E-state index >= 15 is 0 Å². The number of nitrogens with zero attached hydrogens (tertiary/aromatic N) is 3. The van der Waals surface area contributed by atoms with Crippen LogP contribution < -0.4 is 0 Å². The van der Waals surface area contributed by atoms with Gasteiger partial charge in [0.25, 0.3) is 0 Å². The summed E-state index contributed by atoms with van der Waals surface area (Å²) in [6, 6.07) is 35.2. The number of aromatic nitrogens is 3. The molecule has 7 aromatic rings. The van der Waals surface area contributed by atoms with Crippen LogP contribution in [0, 0.1) is 0 Å². The number of hydrogen-bond acceptors (Lipinski definition) is 3. The average molecular weight is 570 g/mol. The molecule has 0 N–H and O–H groups in total. The average Bonchev–Trinajstić information content (AvgIpc) is 3.67. The summed E-state index contributed by atoms with van der Waals surface area (Å²) >= 11 is 0. The van der Waals surface area contributed by atoms with Gasteiger partial charge in [-0.3, -0.25) is 9.55 Å². The number of benzene rings is 4. The Labute approximate surface area is 256 Å². The Morgan fingerprint density at radius 1 is 0.727 bits per heavy atom. The number of furan rings is 1. The molecule has 2 aliphatic rings. The molecule has 0 radical (unpaired) electrons. The first-order chi connectivity index (χ1) is 21.4. The van der Waals surface area contributed by atoms with Crippen molar-refractivity contribution in [3.05, 3.63) is 138 Å². The van der Waals surface area contributed by atoms with Crippen LogP contribution in [0.25, 0.3) is 61.7 Å². The van der Waals surface area contributed by atoms with Crippen LogP contribution in [0.4, 0.5) is 0 Å². The van der Waals surface area contributed by atoms with Crippen LogP contribution in [0.2, 0.25) is 0 Å². The Balaban J connectivity index is 1.03. The van der Waals surface area contributed by atoms with E-state index < -0.39 is 0 Å². The van der Waals surface area contributed by atoms with Gasteiger partial charge in [-0.1, -0.05) is 93.6 Å². The summed E-state index contributed by atoms with van der Waals surface area (Å²) in [5, 5.41) is 1.07. The van der Waals surface area contributed by atoms with E-state index in [2.05, 4.69) is 115 Å². The van der Waals surface area contributed by atoms with Crippen molar-refractivity contribution in [1.82, 2.24) is 14.5 Å². The van der Waals surface area contributed by atoms with E-state index in [4.69, 9.17) is 9.40 Å². The van der Waals surface area contributed by atoms with E-state index in [0.29, 0.717) is 0 Å². The molecule has 0 fully saturated rings. The predicted octanol–water partition coefficient (Wildman–Crippen LogP) is 9.80. The summed E-state index contributed by atoms with van der Waals surface area (Å²) in [5.74, 6) is 0.952. The van der Waals surface area contributed by atoms with E-state index in [0.717, 1.165) is 40.1 Å². The maximum absolute atomic E-state index is 6.27. The predicted molar refractivity (Wildman–Crippen MR) is 179 cm³/mol. The number of rotatable bonds is 3. The summed E-state index contributed by atoms with van der Waals surface area (Å²) in [7, 11) is 0. The lowest BCUT2D eigenvalue weighted by molar-refractivity contribution is 0.463. The maximum Gasteiger partial charge on any atom is 0.228 e. The lowest BCUT2D eigenvalue weighted by Gasteiger charge is -2.30. The molecule has 4 aromatic carbocycles. The van der Waals surface area contributed by atoms with Crippen LogP contribution in [-0.2, 0) is 17.4 Å². The molecule has 212 valence electrons. The largest absolute Gasteiger partial charge is 0.438 e. The number of allylic oxidation sites excluding steroid dienone is 1. The van der Waals surface area contributed by atoms with E-state index in [1.165, 1.54) is 44.5 Å². The minimum absolute atomic E-state index is 0.0936. The molecular weight excluding hydrogens is 538 g/mol. The van der Waals surface area contributed by atoms with Crippen molar-refractivity contribution in [3.8, 4) is 33.4 Å². The van der Waals surface area contributed by atoms with Gasteiger partial charge in [0.1, 0.15) is 16.9 Å². The first-order valence-electron chi connectivity index (χ1n) is 15.3. The molecule has 1 aliphatic carbocycles. The fourth-order valence-corrected chi connectivity index (χ4v) is 7.37. The molecule has 0 saturated carbocycles. The molecule has 3 aromatic heterocycles. The lowest BCUT2D eigenvalue weighted by Crippen LogP contribution is -2.29. The maximum atomic E-state index is 6.27. The van der Waals surface area contributed by atoms with Crippen molar-refractivity contribution in [3.63, 3.8) is 0 Å². The highest BCUT2D eigenvalue weighted by Crippen LogP contribution is 2.50. The second kappa shape index (κ2) is 8.90. The number of para-hydroxylation sites is 1. The summed E-state index contributed by atoms with van der Waals surface area (Å²) in [6.45, 7) is 7.76. The third kappa shape index (κ3) is 3.57. The summed E-state index contributed by atoms with van der Waals surface area (Å²) in [5.41, 5.74) is 13.9. The van der Waals surface area contributed by atoms with Gasteiger partial charge in [0.2, 0.25) is 5.71 Å². The molecule has 0 bridgehead atoms. The summed E-state index contributed by atoms with van der Waals surface area (Å²) < 4.78 is 8.49. The van der Waals surface area contributed by atoms with Crippen LogP contribution in [0.5, 0.6) is 0 Å². The molecule has 0 amide bonds. The first-order valence-corrected chi connectivity index (χ1v) is 15.3. The van der Waals surface area contributed by atoms with Gasteiger partial charge in [0, 0.05) is 35.2 Å². The van der Waals surface area contributed by atoms with Crippen molar-refractivity contribution < 1.29 is 4.42 Å². The van der Waals surface area contributed by atoms with Gasteiger partial charge in [-0.05, 0) is 86.5 Å². The third-order valence-corrected chi connectivity index (χ3v) is 9.93. The molecule has 4 nitrogen and oxygen atoms in total. The fourth-order valence-electron chi connectivity index (χ4n) is 7.37. The fraction of sp³-hybridized carbons (Fsp3) is 0.150. The van der Waals surface area contributed by atoms with Crippen LogP contribution in [0.15, 0.2) is 120 Å². The Morgan fingerprint density at radius 3 is 2.16 bits per heavy atom. The number of imidazole rings is 1. The lowest BCUT2D eigenvalue weighted by atomic mass is 9.79. The Bertz CT molecular complexity index is 2290. The minimum atomic E-state index is -0.175. The molecular formula is C40H31N3O. The van der Waals surface area contributed by atoms with Gasteiger partial charge in [0.15, 0.2) is 0 Å². The quantitative estimate of drug-likeness (QED) is 0.213. The van der Waals surface area contributed by atoms with E-state index in [1.54, 1.807) is 0 Å². The summed E-state index contributed by atoms with van der Waals surface area (Å²) in [4.78, 5) is 9.24. The van der Waals surface area contributed by atoms with Crippen LogP contribution >= 0.6 is 0 Å². The van der Waals surface area contributed by atoms with Gasteiger partial charge >= 0.3 is 0 Å². The molecule has 4 heterocycles. The Morgan fingerprint density at radius 2 is 1.43 bits per heavy atom. The number of hydrogen-bond donors (Lipinski definition) is 0. The molecule has 4 heteroatoms. The van der Waals surface area contributed by atoms with E-state index in [-0.39, 0.29) is 10.8 Å². The second-order valence-electron chi connectivity index (χ2n) is 13.0. The zero-order chi connectivity index (χ0) is 29.6. The Kier molecular flexibility index (Phi) is 5.12. The number of fused-ring (bicyclic) bond motifs is 8. The van der Waals surface area contributed by atoms with Gasteiger partial charge < -0.3 is 4.42 Å². The van der Waals surface area contributed by atoms with Crippen molar-refractivity contribution in [2.24, 2.45) is 0 Å². The minimum Gasteiger partial charge on any atom is -0.438 e. The van der Waals surface area contributed by atoms with Gasteiger partial charge in [-0.25, -0.2) is 4.98 Å². The zero-order valence-corrected chi connectivity index (χ0v) is 25.0. The van der Waals surface area contributed by atoms with Crippen LogP contribution in [0.1, 0.15) is 43.3 Å². The first kappa shape index (κ1) is 25.3. The normalized spacial score (nSPS) is 18.0. The summed E-state index contributed by atoms with van der Waals surface area (Å²) in [6.07, 6.45) is 8.20. The Hall–Kier alpha value is -5.22. The highest BCUT2D eigenvalue weighted by molar-refractivity contribution is 6.02. The van der Waals surface area contributed by atoms with Crippen molar-refractivity contribution in [1.29, 1.82) is 0 Å². The van der Waals surface area contributed by atoms with Gasteiger partial charge in [-0.15, -0.1) is 0 Å². The standard InChI is InChI=1S/C40H31N3O/c1-39(2)33-21-26(12-16-30(33)31-17-13-27(22-34(31)39)28-7-6-20-41-23-28)25-10-14-29(15-11-25)40(3)19-18-36-42-37-32-8-4-5-9-35(32)44-38(37)43(36)24-40/h4-23H,24H2,1-3H3. The van der Waals surface area contributed by atoms with Gasteiger partial charge in [0.05, 0.1) is 0 Å². The topological polar surface area (TPSA) is 43.9 Å². The molecule has 44 heavy (non-hydrogen) atoms. The zero-order valence-electron chi connectivity index (χ0n) is 25.0. The second-order valence-corrected chi connectivity index (χ2v) is 13.0. The van der Waals surface area contributed by atoms with E-state index in [9.17, 15) is 0 Å². The highest BCUT2D eigenvalue weighted by atomic mass is 16.3. The highest BCUT2D eigenvalue weighted by Gasteiger charge is 2.36. The molecule has 1 aliphatic heterocycles. The third-order valence-electron chi connectivity index (χ3n) is 9.93. The SMILES string of the molecule is CC1(c2ccc(-c3ccc4c(c3)C(C)(C)c3cc(-c5cccnc5)ccc3-4)cc2)C=Cc2nc3c4ccccc4oc3n2C1. The molecule has 0 spiro atoms. The van der Waals surface area contributed by atoms with Crippen molar-refractivity contribution in [2.45, 2.75) is 38.1 Å².